The second-order valence-corrected chi connectivity index (χ2v) is 7.50. The summed E-state index contributed by atoms with van der Waals surface area (Å²) < 4.78 is 0. The number of aryl methyl sites for hydroxylation is 3. The summed E-state index contributed by atoms with van der Waals surface area (Å²) in [5, 5.41) is 10.2. The normalized spacial score (nSPS) is 16.5. The fourth-order valence-corrected chi connectivity index (χ4v) is 4.42. The molecule has 126 valence electrons. The second-order valence-electron chi connectivity index (χ2n) is 6.26. The van der Waals surface area contributed by atoms with Crippen LogP contribution in [0.4, 0.5) is 0 Å². The van der Waals surface area contributed by atoms with Crippen LogP contribution in [0.2, 0.25) is 0 Å². The van der Waals surface area contributed by atoms with Crippen LogP contribution in [-0.2, 0) is 6.42 Å². The third-order valence-electron chi connectivity index (χ3n) is 4.39. The van der Waals surface area contributed by atoms with Crippen molar-refractivity contribution in [3.63, 3.8) is 0 Å². The average molecular weight is 344 g/mol. The fourth-order valence-electron chi connectivity index (χ4n) is 3.26. The van der Waals surface area contributed by atoms with Gasteiger partial charge in [0.25, 0.3) is 5.91 Å². The predicted octanol–water partition coefficient (Wildman–Crippen LogP) is 3.61. The molecule has 1 amide bonds. The van der Waals surface area contributed by atoms with Gasteiger partial charge in [-0.05, 0) is 56.9 Å². The Morgan fingerprint density at radius 2 is 1.96 bits per heavy atom. The Kier molecular flexibility index (Phi) is 4.41. The lowest BCUT2D eigenvalue weighted by Gasteiger charge is -2.31. The molecule has 6 heteroatoms. The maximum Gasteiger partial charge on any atom is 0.335 e. The first-order valence-corrected chi connectivity index (χ1v) is 8.77. The number of aromatic nitrogens is 1. The molecular formula is C18H20N2O3S. The van der Waals surface area contributed by atoms with E-state index in [9.17, 15) is 14.7 Å². The number of carbonyl (C=O) groups excluding carboxylic acids is 1. The van der Waals surface area contributed by atoms with Gasteiger partial charge in [-0.15, -0.1) is 11.3 Å². The molecule has 0 saturated heterocycles. The van der Waals surface area contributed by atoms with Crippen molar-refractivity contribution < 1.29 is 14.7 Å². The van der Waals surface area contributed by atoms with Crippen LogP contribution in [0.25, 0.3) is 0 Å². The molecule has 1 aromatic heterocycles. The van der Waals surface area contributed by atoms with Crippen LogP contribution in [0.15, 0.2) is 18.2 Å². The van der Waals surface area contributed by atoms with Gasteiger partial charge >= 0.3 is 5.97 Å². The molecular weight excluding hydrogens is 324 g/mol. The standard InChI is InChI=1S/C18H20N2O3S/c1-10-7-12(9-13(8-10)18(22)23)17(21)20(3)15-6-4-5-14-16(15)24-11(2)19-14/h7-9,15H,4-6H2,1-3H3,(H,22,23). The summed E-state index contributed by atoms with van der Waals surface area (Å²) in [7, 11) is 1.79. The van der Waals surface area contributed by atoms with Crippen molar-refractivity contribution >= 4 is 23.2 Å². The van der Waals surface area contributed by atoms with Crippen LogP contribution in [0.5, 0.6) is 0 Å². The van der Waals surface area contributed by atoms with Crippen LogP contribution in [0.1, 0.15) is 60.7 Å². The van der Waals surface area contributed by atoms with Gasteiger partial charge in [-0.3, -0.25) is 4.79 Å². The van der Waals surface area contributed by atoms with Gasteiger partial charge in [-0.2, -0.15) is 0 Å². The van der Waals surface area contributed by atoms with Gasteiger partial charge in [-0.1, -0.05) is 0 Å². The summed E-state index contributed by atoms with van der Waals surface area (Å²) in [5.74, 6) is -1.17. The van der Waals surface area contributed by atoms with Gasteiger partial charge in [0.1, 0.15) is 0 Å². The zero-order valence-electron chi connectivity index (χ0n) is 14.0. The van der Waals surface area contributed by atoms with Crippen molar-refractivity contribution in [3.05, 3.63) is 50.5 Å². The van der Waals surface area contributed by atoms with Crippen molar-refractivity contribution in [2.45, 2.75) is 39.2 Å². The van der Waals surface area contributed by atoms with Crippen molar-refractivity contribution in [1.29, 1.82) is 0 Å². The number of carboxylic acids is 1. The molecule has 0 aliphatic heterocycles. The third-order valence-corrected chi connectivity index (χ3v) is 5.50. The number of nitrogens with zero attached hydrogens (tertiary/aromatic N) is 2. The molecule has 0 radical (unpaired) electrons. The van der Waals surface area contributed by atoms with Crippen LogP contribution in [0, 0.1) is 13.8 Å². The minimum Gasteiger partial charge on any atom is -0.478 e. The van der Waals surface area contributed by atoms with E-state index in [2.05, 4.69) is 4.98 Å². The minimum absolute atomic E-state index is 0.0150. The highest BCUT2D eigenvalue weighted by molar-refractivity contribution is 7.11. The first kappa shape index (κ1) is 16.6. The monoisotopic (exact) mass is 344 g/mol. The van der Waals surface area contributed by atoms with Gasteiger partial charge in [0.15, 0.2) is 0 Å². The van der Waals surface area contributed by atoms with Crippen LogP contribution >= 0.6 is 11.3 Å². The SMILES string of the molecule is Cc1cc(C(=O)O)cc(C(=O)N(C)C2CCCc3nc(C)sc32)c1. The molecule has 1 heterocycles. The van der Waals surface area contributed by atoms with Gasteiger partial charge in [0.2, 0.25) is 0 Å². The van der Waals surface area contributed by atoms with E-state index in [1.165, 1.54) is 10.9 Å². The van der Waals surface area contributed by atoms with Crippen molar-refractivity contribution in [2.24, 2.45) is 0 Å². The van der Waals surface area contributed by atoms with E-state index in [0.29, 0.717) is 5.56 Å². The maximum absolute atomic E-state index is 12.9. The van der Waals surface area contributed by atoms with E-state index in [-0.39, 0.29) is 17.5 Å². The molecule has 5 nitrogen and oxygen atoms in total. The number of thiazole rings is 1. The molecule has 0 spiro atoms. The van der Waals surface area contributed by atoms with Crippen LogP contribution in [0.3, 0.4) is 0 Å². The molecule has 1 aromatic carbocycles. The molecule has 1 atom stereocenters. The number of rotatable bonds is 3. The van der Waals surface area contributed by atoms with Crippen LogP contribution in [-0.4, -0.2) is 33.9 Å². The number of aromatic carboxylic acids is 1. The van der Waals surface area contributed by atoms with E-state index < -0.39 is 5.97 Å². The highest BCUT2D eigenvalue weighted by Gasteiger charge is 2.30. The fraction of sp³-hybridized carbons (Fsp3) is 0.389. The minimum atomic E-state index is -1.02. The van der Waals surface area contributed by atoms with E-state index in [1.807, 2.05) is 6.92 Å². The average Bonchev–Trinajstić information content (AvgIpc) is 2.92. The molecule has 24 heavy (non-hydrogen) atoms. The lowest BCUT2D eigenvalue weighted by atomic mass is 9.96. The Labute approximate surface area is 145 Å². The number of fused-ring (bicyclic) bond motifs is 1. The van der Waals surface area contributed by atoms with E-state index in [1.54, 1.807) is 42.3 Å². The van der Waals surface area contributed by atoms with Gasteiger partial charge in [-0.25, -0.2) is 9.78 Å². The first-order chi connectivity index (χ1) is 11.4. The molecule has 1 N–H and O–H groups in total. The predicted molar refractivity (Wildman–Crippen MR) is 92.8 cm³/mol. The second kappa shape index (κ2) is 6.36. The zero-order valence-corrected chi connectivity index (χ0v) is 14.8. The summed E-state index contributed by atoms with van der Waals surface area (Å²) in [5.41, 5.74) is 2.43. The lowest BCUT2D eigenvalue weighted by Crippen LogP contribution is -2.33. The van der Waals surface area contributed by atoms with Gasteiger partial charge < -0.3 is 10.0 Å². The summed E-state index contributed by atoms with van der Waals surface area (Å²) in [6.07, 6.45) is 2.88. The molecule has 2 aromatic rings. The Bertz CT molecular complexity index is 813. The number of amides is 1. The number of benzene rings is 1. The van der Waals surface area contributed by atoms with Crippen molar-refractivity contribution in [2.75, 3.05) is 7.05 Å². The molecule has 0 fully saturated rings. The summed E-state index contributed by atoms with van der Waals surface area (Å²) >= 11 is 1.65. The largest absolute Gasteiger partial charge is 0.478 e. The molecule has 1 unspecified atom stereocenters. The summed E-state index contributed by atoms with van der Waals surface area (Å²) in [6.45, 7) is 3.79. The zero-order chi connectivity index (χ0) is 17.4. The Hall–Kier alpha value is -2.21. The van der Waals surface area contributed by atoms with E-state index >= 15 is 0 Å². The maximum atomic E-state index is 12.9. The topological polar surface area (TPSA) is 70.5 Å². The van der Waals surface area contributed by atoms with E-state index in [4.69, 9.17) is 0 Å². The number of carbonyl (C=O) groups is 2. The smallest absolute Gasteiger partial charge is 0.335 e. The van der Waals surface area contributed by atoms with Gasteiger partial charge in [0.05, 0.1) is 27.2 Å². The Balaban J connectivity index is 1.92. The molecule has 1 aliphatic rings. The highest BCUT2D eigenvalue weighted by Crippen LogP contribution is 2.37. The number of hydrogen-bond donors (Lipinski definition) is 1. The summed E-state index contributed by atoms with van der Waals surface area (Å²) in [6, 6.07) is 4.79. The Morgan fingerprint density at radius 3 is 2.67 bits per heavy atom. The number of carboxylic acid groups (broad SMARTS) is 1. The third kappa shape index (κ3) is 3.06. The molecule has 0 bridgehead atoms. The van der Waals surface area contributed by atoms with Crippen molar-refractivity contribution in [3.8, 4) is 0 Å². The Morgan fingerprint density at radius 1 is 1.25 bits per heavy atom. The highest BCUT2D eigenvalue weighted by atomic mass is 32.1. The molecule has 3 rings (SSSR count). The number of hydrogen-bond acceptors (Lipinski definition) is 4. The van der Waals surface area contributed by atoms with Crippen molar-refractivity contribution in [1.82, 2.24) is 9.88 Å². The molecule has 1 aliphatic carbocycles. The quantitative estimate of drug-likeness (QED) is 0.923. The first-order valence-electron chi connectivity index (χ1n) is 7.95. The van der Waals surface area contributed by atoms with Gasteiger partial charge in [0, 0.05) is 12.6 Å². The summed E-state index contributed by atoms with van der Waals surface area (Å²) in [4.78, 5) is 31.6. The lowest BCUT2D eigenvalue weighted by molar-refractivity contribution is 0.0696. The van der Waals surface area contributed by atoms with E-state index in [0.717, 1.165) is 35.5 Å². The molecule has 0 saturated carbocycles. The van der Waals surface area contributed by atoms with Crippen LogP contribution < -0.4 is 0 Å².